The Morgan fingerprint density at radius 2 is 0.720 bits per heavy atom. The van der Waals surface area contributed by atoms with Crippen LogP contribution in [0, 0.1) is 0 Å². The summed E-state index contributed by atoms with van der Waals surface area (Å²) < 4.78 is 31.7. The molecule has 5 nitrogen and oxygen atoms in total. The highest BCUT2D eigenvalue weighted by molar-refractivity contribution is 6.75. The van der Waals surface area contributed by atoms with Gasteiger partial charge in [-0.05, 0) is 25.7 Å². The Morgan fingerprint density at radius 3 is 0.920 bits per heavy atom. The van der Waals surface area contributed by atoms with Crippen LogP contribution in [0.4, 0.5) is 0 Å². The molecule has 25 heavy (non-hydrogen) atoms. The second-order valence-corrected chi connectivity index (χ2v) is 12.1. The average Bonchev–Trinajstić information content (AvgIpc) is 2.61. The molecule has 0 unspecified atom stereocenters. The second-order valence-electron chi connectivity index (χ2n) is 6.36. The minimum Gasteiger partial charge on any atom is -0.374 e. The van der Waals surface area contributed by atoms with Crippen molar-refractivity contribution in [2.24, 2.45) is 0 Å². The molecular formula is C18H42O5Si2. The zero-order valence-corrected chi connectivity index (χ0v) is 19.5. The number of hydrogen-bond donors (Lipinski definition) is 0. The van der Waals surface area contributed by atoms with Gasteiger partial charge in [-0.25, -0.2) is 0 Å². The van der Waals surface area contributed by atoms with Crippen molar-refractivity contribution in [1.29, 1.82) is 0 Å². The van der Waals surface area contributed by atoms with E-state index < -0.39 is 17.6 Å². The quantitative estimate of drug-likeness (QED) is 0.291. The summed E-state index contributed by atoms with van der Waals surface area (Å²) >= 11 is 0. The molecule has 0 aliphatic rings. The Morgan fingerprint density at radius 1 is 0.440 bits per heavy atom. The minimum absolute atomic E-state index is 0.661. The summed E-state index contributed by atoms with van der Waals surface area (Å²) in [6.07, 6.45) is 5.74. The van der Waals surface area contributed by atoms with E-state index in [0.717, 1.165) is 50.6 Å². The van der Waals surface area contributed by atoms with Crippen LogP contribution in [-0.4, -0.2) is 44.0 Å². The van der Waals surface area contributed by atoms with Crippen LogP contribution in [0.25, 0.3) is 0 Å². The Bertz CT molecular complexity index is 261. The van der Waals surface area contributed by atoms with Crippen LogP contribution >= 0.6 is 0 Å². The fourth-order valence-corrected chi connectivity index (χ4v) is 10.2. The largest absolute Gasteiger partial charge is 0.493 e. The summed E-state index contributed by atoms with van der Waals surface area (Å²) in [6, 6.07) is 1.63. The van der Waals surface area contributed by atoms with Crippen LogP contribution in [0.15, 0.2) is 0 Å². The highest BCUT2D eigenvalue weighted by Crippen LogP contribution is 2.28. The van der Waals surface area contributed by atoms with E-state index in [0.29, 0.717) is 26.4 Å². The summed E-state index contributed by atoms with van der Waals surface area (Å²) in [6.45, 7) is 15.4. The van der Waals surface area contributed by atoms with Crippen molar-refractivity contribution in [2.45, 2.75) is 92.2 Å². The summed E-state index contributed by atoms with van der Waals surface area (Å²) in [5.41, 5.74) is 0. The van der Waals surface area contributed by atoms with Crippen LogP contribution in [0.5, 0.6) is 0 Å². The molecule has 0 fully saturated rings. The molecule has 0 rings (SSSR count). The topological polar surface area (TPSA) is 46.2 Å². The molecule has 0 saturated carbocycles. The van der Waals surface area contributed by atoms with Crippen LogP contribution in [0.1, 0.15) is 80.1 Å². The van der Waals surface area contributed by atoms with Crippen LogP contribution in [0.2, 0.25) is 12.1 Å². The average molecular weight is 395 g/mol. The Labute approximate surface area is 158 Å². The van der Waals surface area contributed by atoms with Gasteiger partial charge in [-0.3, -0.25) is 0 Å². The normalized spacial score (nSPS) is 12.7. The van der Waals surface area contributed by atoms with Gasteiger partial charge in [0.2, 0.25) is 0 Å². The molecule has 152 valence electrons. The maximum Gasteiger partial charge on any atom is 0.493 e. The Hall–Kier alpha value is 0.234. The Balaban J connectivity index is 5.52. The van der Waals surface area contributed by atoms with Crippen molar-refractivity contribution < 1.29 is 21.8 Å². The molecule has 0 aromatic heterocycles. The van der Waals surface area contributed by atoms with Gasteiger partial charge in [0.05, 0.1) is 0 Å². The molecule has 0 aromatic carbocycles. The monoisotopic (exact) mass is 394 g/mol. The molecule has 0 amide bonds. The van der Waals surface area contributed by atoms with Crippen molar-refractivity contribution in [3.63, 3.8) is 0 Å². The standard InChI is InChI=1S/C18H42O5Si2/c1-7-13-19-24(17-11-5,20-14-8-2)23-25(18-12-6,21-15-9-3)22-16-10-4/h7-18H2,1-6H3. The number of hydrogen-bond acceptors (Lipinski definition) is 5. The highest BCUT2D eigenvalue weighted by Gasteiger charge is 2.52. The van der Waals surface area contributed by atoms with E-state index in [1.165, 1.54) is 0 Å². The minimum atomic E-state index is -2.80. The molecule has 0 saturated heterocycles. The van der Waals surface area contributed by atoms with E-state index in [1.54, 1.807) is 0 Å². The lowest BCUT2D eigenvalue weighted by Crippen LogP contribution is -2.59. The van der Waals surface area contributed by atoms with Crippen molar-refractivity contribution in [3.05, 3.63) is 0 Å². The molecule has 0 spiro atoms. The van der Waals surface area contributed by atoms with Gasteiger partial charge in [0.25, 0.3) is 0 Å². The third kappa shape index (κ3) is 10.2. The van der Waals surface area contributed by atoms with Gasteiger partial charge < -0.3 is 21.8 Å². The van der Waals surface area contributed by atoms with Crippen molar-refractivity contribution >= 4 is 17.6 Å². The Kier molecular flexibility index (Phi) is 15.5. The number of rotatable bonds is 18. The zero-order chi connectivity index (χ0) is 19.0. The van der Waals surface area contributed by atoms with Gasteiger partial charge in [0, 0.05) is 38.5 Å². The summed E-state index contributed by atoms with van der Waals surface area (Å²) in [4.78, 5) is 0. The van der Waals surface area contributed by atoms with Crippen LogP contribution in [0.3, 0.4) is 0 Å². The first-order valence-corrected chi connectivity index (χ1v) is 14.2. The fourth-order valence-electron chi connectivity index (χ4n) is 2.47. The summed E-state index contributed by atoms with van der Waals surface area (Å²) in [5.74, 6) is 0. The zero-order valence-electron chi connectivity index (χ0n) is 17.5. The first kappa shape index (κ1) is 25.2. The second kappa shape index (κ2) is 15.3. The first-order chi connectivity index (χ1) is 12.1. The molecule has 0 heterocycles. The third-order valence-electron chi connectivity index (χ3n) is 3.53. The predicted octanol–water partition coefficient (Wildman–Crippen LogP) is 5.41. The van der Waals surface area contributed by atoms with E-state index >= 15 is 0 Å². The van der Waals surface area contributed by atoms with E-state index in [9.17, 15) is 0 Å². The predicted molar refractivity (Wildman–Crippen MR) is 108 cm³/mol. The van der Waals surface area contributed by atoms with Gasteiger partial charge in [0.15, 0.2) is 0 Å². The van der Waals surface area contributed by atoms with Gasteiger partial charge in [-0.15, -0.1) is 0 Å². The SMILES string of the molecule is CCCO[Si](CCC)(OCCC)O[Si](CCC)(OCCC)OCCC. The fraction of sp³-hybridized carbons (Fsp3) is 1.00. The van der Waals surface area contributed by atoms with Gasteiger partial charge in [-0.1, -0.05) is 54.4 Å². The lowest BCUT2D eigenvalue weighted by molar-refractivity contribution is 0.0403. The maximum absolute atomic E-state index is 6.70. The molecular weight excluding hydrogens is 352 g/mol. The van der Waals surface area contributed by atoms with Crippen molar-refractivity contribution in [1.82, 2.24) is 0 Å². The first-order valence-electron chi connectivity index (χ1n) is 10.3. The van der Waals surface area contributed by atoms with E-state index in [2.05, 4.69) is 41.5 Å². The van der Waals surface area contributed by atoms with Crippen molar-refractivity contribution in [2.75, 3.05) is 26.4 Å². The van der Waals surface area contributed by atoms with Crippen LogP contribution in [-0.2, 0) is 21.8 Å². The van der Waals surface area contributed by atoms with E-state index in [-0.39, 0.29) is 0 Å². The lowest BCUT2D eigenvalue weighted by atomic mass is 10.5. The molecule has 0 radical (unpaired) electrons. The third-order valence-corrected chi connectivity index (χ3v) is 10.8. The van der Waals surface area contributed by atoms with Gasteiger partial charge in [-0.2, -0.15) is 0 Å². The van der Waals surface area contributed by atoms with Crippen molar-refractivity contribution in [3.8, 4) is 0 Å². The van der Waals surface area contributed by atoms with E-state index in [1.807, 2.05) is 0 Å². The molecule has 0 bridgehead atoms. The molecule has 0 atom stereocenters. The molecule has 0 aromatic rings. The van der Waals surface area contributed by atoms with Gasteiger partial charge in [0.1, 0.15) is 0 Å². The molecule has 0 aliphatic carbocycles. The molecule has 0 N–H and O–H groups in total. The molecule has 0 aliphatic heterocycles. The summed E-state index contributed by atoms with van der Waals surface area (Å²) in [7, 11) is -5.60. The summed E-state index contributed by atoms with van der Waals surface area (Å²) in [5, 5.41) is 0. The van der Waals surface area contributed by atoms with E-state index in [4.69, 9.17) is 21.8 Å². The maximum atomic E-state index is 6.70. The van der Waals surface area contributed by atoms with Crippen LogP contribution < -0.4 is 0 Å². The van der Waals surface area contributed by atoms with Gasteiger partial charge >= 0.3 is 17.6 Å². The highest BCUT2D eigenvalue weighted by atomic mass is 28.5. The lowest BCUT2D eigenvalue weighted by Gasteiger charge is -2.38. The smallest absolute Gasteiger partial charge is 0.374 e. The molecule has 7 heteroatoms.